The Morgan fingerprint density at radius 1 is 1.03 bits per heavy atom. The fourth-order valence-corrected chi connectivity index (χ4v) is 3.35. The molecule has 0 spiro atoms. The molecule has 1 aliphatic rings. The minimum atomic E-state index is -4.64. The van der Waals surface area contributed by atoms with Gasteiger partial charge in [0.1, 0.15) is 11.6 Å². The van der Waals surface area contributed by atoms with Gasteiger partial charge in [-0.1, -0.05) is 12.1 Å². The molecule has 0 unspecified atom stereocenters. The second-order valence-electron chi connectivity index (χ2n) is 7.05. The van der Waals surface area contributed by atoms with Crippen LogP contribution in [0.2, 0.25) is 0 Å². The highest BCUT2D eigenvalue weighted by Gasteiger charge is 2.19. The third-order valence-corrected chi connectivity index (χ3v) is 4.84. The first kappa shape index (κ1) is 25.0. The minimum absolute atomic E-state index is 0.0812. The first-order valence-corrected chi connectivity index (χ1v) is 11.4. The van der Waals surface area contributed by atoms with Crippen LogP contribution < -0.4 is 9.64 Å². The number of nitrogens with zero attached hydrogens (tertiary/aromatic N) is 2. The number of phosphoric acid groups is 1. The van der Waals surface area contributed by atoms with Crippen molar-refractivity contribution < 1.29 is 33.2 Å². The minimum Gasteiger partial charge on any atom is -0.495 e. The smallest absolute Gasteiger partial charge is 0.466 e. The van der Waals surface area contributed by atoms with Gasteiger partial charge in [0.15, 0.2) is 5.78 Å². The number of hydrogen-bond acceptors (Lipinski definition) is 5. The summed E-state index contributed by atoms with van der Waals surface area (Å²) in [5.74, 6) is 0.679. The molecular weight excluding hydrogens is 426 g/mol. The van der Waals surface area contributed by atoms with E-state index in [1.807, 2.05) is 18.2 Å². The number of ether oxygens (including phenoxy) is 1. The molecule has 1 heterocycles. The van der Waals surface area contributed by atoms with E-state index >= 15 is 0 Å². The van der Waals surface area contributed by atoms with E-state index < -0.39 is 7.82 Å². The van der Waals surface area contributed by atoms with Crippen molar-refractivity contribution in [3.05, 3.63) is 59.9 Å². The number of rotatable bonds is 7. The van der Waals surface area contributed by atoms with E-state index in [-0.39, 0.29) is 11.6 Å². The van der Waals surface area contributed by atoms with Gasteiger partial charge in [0.05, 0.1) is 12.8 Å². The number of halogens is 1. The normalized spacial score (nSPS) is 14.5. The van der Waals surface area contributed by atoms with Crippen molar-refractivity contribution in [2.45, 2.75) is 12.8 Å². The number of carbonyl (C=O) groups excluding carboxylic acids is 1. The third kappa shape index (κ3) is 9.16. The molecule has 0 amide bonds. The lowest BCUT2D eigenvalue weighted by molar-refractivity contribution is 0.0974. The first-order valence-electron chi connectivity index (χ1n) is 9.85. The number of para-hydroxylation sites is 2. The summed E-state index contributed by atoms with van der Waals surface area (Å²) < 4.78 is 27.2. The maximum absolute atomic E-state index is 12.9. The predicted octanol–water partition coefficient (Wildman–Crippen LogP) is 2.69. The van der Waals surface area contributed by atoms with Crippen LogP contribution in [0.1, 0.15) is 23.2 Å². The molecule has 1 fully saturated rings. The second kappa shape index (κ2) is 11.9. The van der Waals surface area contributed by atoms with Crippen molar-refractivity contribution in [3.8, 4) is 5.75 Å². The standard InChI is InChI=1S/C21H25FN2O2.H3O4P/c1-26-21-7-3-2-5-19(21)24-15-13-23(14-16-24)12-4-6-20(25)17-8-10-18(22)11-9-17;1-5(2,3)4/h2-3,5,7-11H,4,6,12-16H2,1H3;(H3,1,2,3,4). The van der Waals surface area contributed by atoms with Crippen LogP contribution in [-0.4, -0.2) is 65.2 Å². The Bertz CT molecular complexity index is 873. The molecule has 2 aromatic rings. The topological polar surface area (TPSA) is 111 Å². The highest BCUT2D eigenvalue weighted by Crippen LogP contribution is 2.28. The molecule has 2 aromatic carbocycles. The van der Waals surface area contributed by atoms with Gasteiger partial charge < -0.3 is 24.3 Å². The van der Waals surface area contributed by atoms with Gasteiger partial charge in [-0.05, 0) is 49.4 Å². The fourth-order valence-electron chi connectivity index (χ4n) is 3.35. The second-order valence-corrected chi connectivity index (χ2v) is 8.07. The molecule has 31 heavy (non-hydrogen) atoms. The number of ketones is 1. The van der Waals surface area contributed by atoms with Crippen molar-refractivity contribution >= 4 is 19.3 Å². The summed E-state index contributed by atoms with van der Waals surface area (Å²) in [6.07, 6.45) is 1.32. The van der Waals surface area contributed by atoms with Crippen molar-refractivity contribution in [1.29, 1.82) is 0 Å². The Hall–Kier alpha value is -2.29. The van der Waals surface area contributed by atoms with Gasteiger partial charge >= 0.3 is 7.82 Å². The van der Waals surface area contributed by atoms with E-state index in [9.17, 15) is 9.18 Å². The van der Waals surface area contributed by atoms with E-state index in [1.54, 1.807) is 19.2 Å². The first-order chi connectivity index (χ1) is 14.7. The van der Waals surface area contributed by atoms with Crippen LogP contribution in [0.3, 0.4) is 0 Å². The van der Waals surface area contributed by atoms with Crippen LogP contribution in [0.15, 0.2) is 48.5 Å². The molecule has 0 saturated carbocycles. The van der Waals surface area contributed by atoms with Gasteiger partial charge in [-0.3, -0.25) is 9.69 Å². The third-order valence-electron chi connectivity index (χ3n) is 4.84. The largest absolute Gasteiger partial charge is 0.495 e. The quantitative estimate of drug-likeness (QED) is 0.433. The van der Waals surface area contributed by atoms with Gasteiger partial charge in [0, 0.05) is 38.2 Å². The zero-order valence-corrected chi connectivity index (χ0v) is 18.2. The summed E-state index contributed by atoms with van der Waals surface area (Å²) in [7, 11) is -2.94. The molecule has 0 bridgehead atoms. The molecular formula is C21H28FN2O6P. The van der Waals surface area contributed by atoms with Crippen LogP contribution in [0.4, 0.5) is 10.1 Å². The van der Waals surface area contributed by atoms with E-state index in [1.165, 1.54) is 12.1 Å². The lowest BCUT2D eigenvalue weighted by Gasteiger charge is -2.36. The zero-order chi connectivity index (χ0) is 22.9. The van der Waals surface area contributed by atoms with E-state index in [0.717, 1.165) is 50.6 Å². The molecule has 1 aliphatic heterocycles. The van der Waals surface area contributed by atoms with Gasteiger partial charge in [-0.25, -0.2) is 8.96 Å². The number of hydrogen-bond donors (Lipinski definition) is 3. The summed E-state index contributed by atoms with van der Waals surface area (Å²) in [6, 6.07) is 13.9. The Kier molecular flexibility index (Phi) is 9.61. The summed E-state index contributed by atoms with van der Waals surface area (Å²) in [6.45, 7) is 4.76. The highest BCUT2D eigenvalue weighted by atomic mass is 31.2. The average Bonchev–Trinajstić information content (AvgIpc) is 2.73. The van der Waals surface area contributed by atoms with Crippen molar-refractivity contribution in [3.63, 3.8) is 0 Å². The van der Waals surface area contributed by atoms with E-state index in [0.29, 0.717) is 12.0 Å². The van der Waals surface area contributed by atoms with Gasteiger partial charge in [-0.2, -0.15) is 0 Å². The molecule has 170 valence electrons. The molecule has 1 saturated heterocycles. The Morgan fingerprint density at radius 3 is 2.19 bits per heavy atom. The monoisotopic (exact) mass is 454 g/mol. The molecule has 8 nitrogen and oxygen atoms in total. The molecule has 0 aromatic heterocycles. The molecule has 3 rings (SSSR count). The summed E-state index contributed by atoms with van der Waals surface area (Å²) >= 11 is 0. The number of benzene rings is 2. The van der Waals surface area contributed by atoms with Crippen molar-refractivity contribution in [1.82, 2.24) is 4.90 Å². The number of methoxy groups -OCH3 is 1. The summed E-state index contributed by atoms with van der Waals surface area (Å²) in [5, 5.41) is 0. The molecule has 0 radical (unpaired) electrons. The van der Waals surface area contributed by atoms with E-state index in [2.05, 4.69) is 15.9 Å². The summed E-state index contributed by atoms with van der Waals surface area (Å²) in [5.41, 5.74) is 1.73. The predicted molar refractivity (Wildman–Crippen MR) is 116 cm³/mol. The highest BCUT2D eigenvalue weighted by molar-refractivity contribution is 7.45. The molecule has 3 N–H and O–H groups in total. The van der Waals surface area contributed by atoms with Crippen LogP contribution in [0, 0.1) is 5.82 Å². The van der Waals surface area contributed by atoms with Crippen LogP contribution >= 0.6 is 7.82 Å². The SMILES string of the molecule is COc1ccccc1N1CCN(CCCC(=O)c2ccc(F)cc2)CC1.O=P(O)(O)O. The molecule has 0 aliphatic carbocycles. The number of carbonyl (C=O) groups is 1. The van der Waals surface area contributed by atoms with Crippen molar-refractivity contribution in [2.24, 2.45) is 0 Å². The molecule has 0 atom stereocenters. The van der Waals surface area contributed by atoms with Crippen LogP contribution in [0.25, 0.3) is 0 Å². The van der Waals surface area contributed by atoms with Gasteiger partial charge in [-0.15, -0.1) is 0 Å². The lowest BCUT2D eigenvalue weighted by Crippen LogP contribution is -2.46. The lowest BCUT2D eigenvalue weighted by atomic mass is 10.1. The maximum Gasteiger partial charge on any atom is 0.466 e. The Labute approximate surface area is 181 Å². The summed E-state index contributed by atoms with van der Waals surface area (Å²) in [4.78, 5) is 38.4. The van der Waals surface area contributed by atoms with Crippen LogP contribution in [-0.2, 0) is 4.57 Å². The number of piperazine rings is 1. The molecule has 10 heteroatoms. The van der Waals surface area contributed by atoms with Crippen molar-refractivity contribution in [2.75, 3.05) is 44.7 Å². The number of anilines is 1. The van der Waals surface area contributed by atoms with Gasteiger partial charge in [0.2, 0.25) is 0 Å². The fraction of sp³-hybridized carbons (Fsp3) is 0.381. The Balaban J connectivity index is 0.000000614. The zero-order valence-electron chi connectivity index (χ0n) is 17.4. The maximum atomic E-state index is 12.9. The van der Waals surface area contributed by atoms with Crippen LogP contribution in [0.5, 0.6) is 5.75 Å². The Morgan fingerprint density at radius 2 is 1.61 bits per heavy atom. The van der Waals surface area contributed by atoms with E-state index in [4.69, 9.17) is 24.0 Å². The van der Waals surface area contributed by atoms with Gasteiger partial charge in [0.25, 0.3) is 0 Å². The average molecular weight is 454 g/mol. The number of Topliss-reactive ketones (excluding diaryl/α,β-unsaturated/α-hetero) is 1.